The van der Waals surface area contributed by atoms with Gasteiger partial charge >= 0.3 is 5.97 Å². The lowest BCUT2D eigenvalue weighted by Gasteiger charge is -2.32. The molecule has 5 nitrogen and oxygen atoms in total. The summed E-state index contributed by atoms with van der Waals surface area (Å²) in [4.78, 5) is 23.8. The van der Waals surface area contributed by atoms with Gasteiger partial charge in [-0.05, 0) is 25.3 Å². The van der Waals surface area contributed by atoms with Crippen molar-refractivity contribution in [3.8, 4) is 0 Å². The van der Waals surface area contributed by atoms with E-state index in [1.54, 1.807) is 6.92 Å². The number of rotatable bonds is 5. The van der Waals surface area contributed by atoms with E-state index in [9.17, 15) is 9.59 Å². The maximum absolute atomic E-state index is 12.8. The average molecular weight is 341 g/mol. The van der Waals surface area contributed by atoms with E-state index in [2.05, 4.69) is 17.4 Å². The van der Waals surface area contributed by atoms with Crippen LogP contribution in [0.1, 0.15) is 58.8 Å². The van der Waals surface area contributed by atoms with Gasteiger partial charge in [-0.3, -0.25) is 9.59 Å². The molecule has 0 spiro atoms. The van der Waals surface area contributed by atoms with Crippen LogP contribution in [0.5, 0.6) is 0 Å². The lowest BCUT2D eigenvalue weighted by Crippen LogP contribution is -2.41. The second-order valence-electron chi connectivity index (χ2n) is 6.67. The minimum atomic E-state index is -1.01. The summed E-state index contributed by atoms with van der Waals surface area (Å²) in [5.41, 5.74) is 2.27. The van der Waals surface area contributed by atoms with E-state index in [-0.39, 0.29) is 30.0 Å². The first-order chi connectivity index (χ1) is 12.1. The molecular formula is C20H23NO4. The Balaban J connectivity index is 1.79. The smallest absolute Gasteiger partial charge is 0.311 e. The number of aliphatic carboxylic acids is 1. The Morgan fingerprint density at radius 3 is 2.64 bits per heavy atom. The van der Waals surface area contributed by atoms with E-state index in [0.29, 0.717) is 11.1 Å². The molecule has 2 unspecified atom stereocenters. The number of hydrogen-bond acceptors (Lipinski definition) is 3. The van der Waals surface area contributed by atoms with Gasteiger partial charge in [0.15, 0.2) is 0 Å². The number of carbonyl (C=O) groups is 2. The Morgan fingerprint density at radius 2 is 1.92 bits per heavy atom. The molecule has 1 aliphatic carbocycles. The van der Waals surface area contributed by atoms with Crippen LogP contribution in [-0.4, -0.2) is 23.0 Å². The molecule has 3 rings (SSSR count). The summed E-state index contributed by atoms with van der Waals surface area (Å²) in [6.45, 7) is 1.76. The van der Waals surface area contributed by atoms with Crippen LogP contribution >= 0.6 is 0 Å². The minimum absolute atomic E-state index is 0.0515. The second kappa shape index (κ2) is 7.55. The number of aryl methyl sites for hydroxylation is 1. The molecule has 0 bridgehead atoms. The zero-order valence-corrected chi connectivity index (χ0v) is 14.3. The molecule has 1 aromatic carbocycles. The van der Waals surface area contributed by atoms with Gasteiger partial charge in [-0.15, -0.1) is 0 Å². The van der Waals surface area contributed by atoms with Crippen molar-refractivity contribution in [3.63, 3.8) is 0 Å². The molecule has 1 aromatic heterocycles. The van der Waals surface area contributed by atoms with E-state index in [0.717, 1.165) is 25.7 Å². The first-order valence-corrected chi connectivity index (χ1v) is 8.71. The second-order valence-corrected chi connectivity index (χ2v) is 6.67. The van der Waals surface area contributed by atoms with Gasteiger partial charge in [0, 0.05) is 17.5 Å². The zero-order chi connectivity index (χ0) is 17.8. The number of carboxylic acid groups (broad SMARTS) is 1. The molecule has 0 aliphatic heterocycles. The van der Waals surface area contributed by atoms with Crippen LogP contribution in [0.4, 0.5) is 0 Å². The summed E-state index contributed by atoms with van der Waals surface area (Å²) in [5, 5.41) is 12.1. The fourth-order valence-corrected chi connectivity index (χ4v) is 3.71. The number of benzene rings is 1. The van der Waals surface area contributed by atoms with Gasteiger partial charge in [-0.25, -0.2) is 0 Å². The summed E-state index contributed by atoms with van der Waals surface area (Å²) in [5.74, 6) is -0.748. The molecule has 1 aliphatic rings. The van der Waals surface area contributed by atoms with Gasteiger partial charge in [0.1, 0.15) is 12.2 Å². The number of nitrogens with one attached hydrogen (secondary N) is 1. The highest BCUT2D eigenvalue weighted by molar-refractivity contribution is 5.97. The maximum atomic E-state index is 12.8. The van der Waals surface area contributed by atoms with Crippen LogP contribution in [0, 0.1) is 6.92 Å². The molecule has 132 valence electrons. The van der Waals surface area contributed by atoms with Gasteiger partial charge in [0.05, 0.1) is 11.8 Å². The topological polar surface area (TPSA) is 79.5 Å². The van der Waals surface area contributed by atoms with Crippen molar-refractivity contribution < 1.29 is 19.1 Å². The van der Waals surface area contributed by atoms with Crippen LogP contribution in [0.2, 0.25) is 0 Å². The van der Waals surface area contributed by atoms with Crippen molar-refractivity contribution in [1.82, 2.24) is 5.32 Å². The Bertz CT molecular complexity index is 750. The van der Waals surface area contributed by atoms with Gasteiger partial charge in [0.2, 0.25) is 0 Å². The number of carbonyl (C=O) groups excluding carboxylic acids is 1. The van der Waals surface area contributed by atoms with Crippen molar-refractivity contribution in [2.24, 2.45) is 0 Å². The van der Waals surface area contributed by atoms with Gasteiger partial charge in [-0.2, -0.15) is 0 Å². The molecule has 1 fully saturated rings. The fraction of sp³-hybridized carbons (Fsp3) is 0.400. The van der Waals surface area contributed by atoms with E-state index in [1.807, 2.05) is 18.2 Å². The standard InChI is InChI=1S/C20H23NO4/c1-13-12-25-17(11-18(22)23)19(13)20(24)21-16-10-6-5-9-15(16)14-7-3-2-4-8-14/h2-4,7-8,12,15-16H,5-6,9-11H2,1H3,(H,21,24)(H,22,23). The molecule has 0 saturated heterocycles. The molecule has 1 heterocycles. The first-order valence-electron chi connectivity index (χ1n) is 8.71. The Hall–Kier alpha value is -2.56. The van der Waals surface area contributed by atoms with Crippen LogP contribution in [0.25, 0.3) is 0 Å². The lowest BCUT2D eigenvalue weighted by atomic mass is 9.80. The maximum Gasteiger partial charge on any atom is 0.311 e. The number of carboxylic acids is 1. The molecule has 2 aromatic rings. The SMILES string of the molecule is Cc1coc(CC(=O)O)c1C(=O)NC1CCCCC1c1ccccc1. The van der Waals surface area contributed by atoms with Crippen molar-refractivity contribution in [2.75, 3.05) is 0 Å². The average Bonchev–Trinajstić information content (AvgIpc) is 2.96. The molecule has 1 saturated carbocycles. The Kier molecular flexibility index (Phi) is 5.22. The van der Waals surface area contributed by atoms with Crippen LogP contribution in [0.3, 0.4) is 0 Å². The van der Waals surface area contributed by atoms with Gasteiger partial charge < -0.3 is 14.8 Å². The normalized spacial score (nSPS) is 20.2. The molecule has 5 heteroatoms. The summed E-state index contributed by atoms with van der Waals surface area (Å²) < 4.78 is 5.29. The Labute approximate surface area is 147 Å². The van der Waals surface area contributed by atoms with Crippen LogP contribution in [-0.2, 0) is 11.2 Å². The zero-order valence-electron chi connectivity index (χ0n) is 14.3. The minimum Gasteiger partial charge on any atom is -0.481 e. The molecule has 2 N–H and O–H groups in total. The van der Waals surface area contributed by atoms with E-state index >= 15 is 0 Å². The third kappa shape index (κ3) is 3.92. The van der Waals surface area contributed by atoms with Crippen LogP contribution in [0.15, 0.2) is 41.0 Å². The van der Waals surface area contributed by atoms with Gasteiger partial charge in [-0.1, -0.05) is 43.2 Å². The predicted molar refractivity (Wildman–Crippen MR) is 93.7 cm³/mol. The summed E-state index contributed by atoms with van der Waals surface area (Å²) in [6, 6.07) is 10.3. The number of furan rings is 1. The van der Waals surface area contributed by atoms with Crippen molar-refractivity contribution in [1.29, 1.82) is 0 Å². The molecule has 1 amide bonds. The van der Waals surface area contributed by atoms with Crippen molar-refractivity contribution in [2.45, 2.75) is 51.0 Å². The molecule has 0 radical (unpaired) electrons. The highest BCUT2D eigenvalue weighted by atomic mass is 16.4. The number of hydrogen-bond donors (Lipinski definition) is 2. The third-order valence-electron chi connectivity index (χ3n) is 4.90. The quantitative estimate of drug-likeness (QED) is 0.869. The summed E-state index contributed by atoms with van der Waals surface area (Å²) >= 11 is 0. The summed E-state index contributed by atoms with van der Waals surface area (Å²) in [7, 11) is 0. The van der Waals surface area contributed by atoms with Crippen LogP contribution < -0.4 is 5.32 Å². The van der Waals surface area contributed by atoms with Crippen molar-refractivity contribution >= 4 is 11.9 Å². The third-order valence-corrected chi connectivity index (χ3v) is 4.90. The van der Waals surface area contributed by atoms with E-state index < -0.39 is 5.97 Å². The monoisotopic (exact) mass is 341 g/mol. The molecular weight excluding hydrogens is 318 g/mol. The van der Waals surface area contributed by atoms with Crippen molar-refractivity contribution in [3.05, 3.63) is 59.0 Å². The summed E-state index contributed by atoms with van der Waals surface area (Å²) in [6.07, 6.45) is 5.37. The Morgan fingerprint density at radius 1 is 1.20 bits per heavy atom. The molecule has 25 heavy (non-hydrogen) atoms. The molecule has 2 atom stereocenters. The largest absolute Gasteiger partial charge is 0.481 e. The highest BCUT2D eigenvalue weighted by Gasteiger charge is 2.30. The lowest BCUT2D eigenvalue weighted by molar-refractivity contribution is -0.136. The first kappa shape index (κ1) is 17.3. The highest BCUT2D eigenvalue weighted by Crippen LogP contribution is 2.33. The predicted octanol–water partition coefficient (Wildman–Crippen LogP) is 3.67. The van der Waals surface area contributed by atoms with Gasteiger partial charge in [0.25, 0.3) is 5.91 Å². The number of amides is 1. The van der Waals surface area contributed by atoms with E-state index in [4.69, 9.17) is 9.52 Å². The van der Waals surface area contributed by atoms with E-state index in [1.165, 1.54) is 11.8 Å². The fourth-order valence-electron chi connectivity index (χ4n) is 3.71.